The molecule has 0 unspecified atom stereocenters. The van der Waals surface area contributed by atoms with Crippen LogP contribution in [0.5, 0.6) is 0 Å². The van der Waals surface area contributed by atoms with Gasteiger partial charge in [0.25, 0.3) is 0 Å². The van der Waals surface area contributed by atoms with Crippen molar-refractivity contribution in [2.75, 3.05) is 6.61 Å². The average Bonchev–Trinajstić information content (AvgIpc) is 2.74. The number of carboxylic acid groups (broad SMARTS) is 1. The molecule has 0 saturated carbocycles. The third-order valence-electron chi connectivity index (χ3n) is 3.28. The van der Waals surface area contributed by atoms with E-state index in [9.17, 15) is 9.59 Å². The van der Waals surface area contributed by atoms with Gasteiger partial charge in [0.15, 0.2) is 0 Å². The second-order valence-electron chi connectivity index (χ2n) is 4.70. The van der Waals surface area contributed by atoms with Crippen molar-refractivity contribution in [1.82, 2.24) is 4.57 Å². The van der Waals surface area contributed by atoms with Crippen LogP contribution in [-0.2, 0) is 4.74 Å². The first-order chi connectivity index (χ1) is 9.95. The maximum Gasteiger partial charge on any atom is 0.339 e. The molecule has 0 bridgehead atoms. The number of hydrogen-bond acceptors (Lipinski definition) is 3. The van der Waals surface area contributed by atoms with E-state index < -0.39 is 5.97 Å². The summed E-state index contributed by atoms with van der Waals surface area (Å²) in [5.74, 6) is -1.35. The van der Waals surface area contributed by atoms with Gasteiger partial charge >= 0.3 is 11.9 Å². The molecule has 110 valence electrons. The Labute approximate surface area is 122 Å². The fourth-order valence-electron chi connectivity index (χ4n) is 2.35. The molecule has 0 atom stereocenters. The van der Waals surface area contributed by atoms with Crippen LogP contribution in [0, 0.1) is 13.8 Å². The number of benzene rings is 1. The minimum atomic E-state index is -0.982. The summed E-state index contributed by atoms with van der Waals surface area (Å²) in [6.07, 6.45) is 0. The zero-order valence-electron chi connectivity index (χ0n) is 12.2. The lowest BCUT2D eigenvalue weighted by Gasteiger charge is -2.10. The van der Waals surface area contributed by atoms with E-state index >= 15 is 0 Å². The minimum Gasteiger partial charge on any atom is -0.478 e. The number of nitrogens with zero attached hydrogens (tertiary/aromatic N) is 1. The van der Waals surface area contributed by atoms with Crippen molar-refractivity contribution in [2.45, 2.75) is 20.8 Å². The number of hydrogen-bond donors (Lipinski definition) is 1. The largest absolute Gasteiger partial charge is 0.478 e. The fraction of sp³-hybridized carbons (Fsp3) is 0.250. The summed E-state index contributed by atoms with van der Waals surface area (Å²) in [6, 6.07) is 8.35. The van der Waals surface area contributed by atoms with Crippen molar-refractivity contribution in [3.05, 3.63) is 52.8 Å². The first kappa shape index (κ1) is 14.8. The first-order valence-corrected chi connectivity index (χ1v) is 6.65. The number of carbonyl (C=O) groups excluding carboxylic acids is 1. The van der Waals surface area contributed by atoms with Crippen molar-refractivity contribution < 1.29 is 19.4 Å². The Morgan fingerprint density at radius 3 is 2.57 bits per heavy atom. The third kappa shape index (κ3) is 2.81. The summed E-state index contributed by atoms with van der Waals surface area (Å²) in [7, 11) is 0. The van der Waals surface area contributed by atoms with E-state index in [1.807, 2.05) is 18.4 Å². The summed E-state index contributed by atoms with van der Waals surface area (Å²) >= 11 is 0. The molecular formula is C16H17NO4. The molecular weight excluding hydrogens is 270 g/mol. The summed E-state index contributed by atoms with van der Waals surface area (Å²) in [5.41, 5.74) is 2.99. The molecule has 0 aliphatic heterocycles. The summed E-state index contributed by atoms with van der Waals surface area (Å²) in [4.78, 5) is 23.0. The Bertz CT molecular complexity index is 700. The predicted molar refractivity (Wildman–Crippen MR) is 78.2 cm³/mol. The minimum absolute atomic E-state index is 0.206. The van der Waals surface area contributed by atoms with Gasteiger partial charge < -0.3 is 14.4 Å². The van der Waals surface area contributed by atoms with E-state index in [4.69, 9.17) is 9.84 Å². The van der Waals surface area contributed by atoms with Crippen LogP contribution in [0.15, 0.2) is 30.3 Å². The fourth-order valence-corrected chi connectivity index (χ4v) is 2.35. The smallest absolute Gasteiger partial charge is 0.339 e. The molecule has 21 heavy (non-hydrogen) atoms. The van der Waals surface area contributed by atoms with Crippen molar-refractivity contribution in [1.29, 1.82) is 0 Å². The molecule has 5 heteroatoms. The molecule has 1 heterocycles. The summed E-state index contributed by atoms with van der Waals surface area (Å²) in [6.45, 7) is 5.75. The number of aromatic carboxylic acids is 1. The van der Waals surface area contributed by atoms with Crippen LogP contribution in [0.4, 0.5) is 0 Å². The Morgan fingerprint density at radius 2 is 1.95 bits per heavy atom. The zero-order valence-corrected chi connectivity index (χ0v) is 12.2. The molecule has 0 amide bonds. The molecule has 1 aromatic heterocycles. The number of rotatable bonds is 4. The maximum atomic E-state index is 11.9. The van der Waals surface area contributed by atoms with Crippen LogP contribution in [0.2, 0.25) is 0 Å². The number of aryl methyl sites for hydroxylation is 1. The van der Waals surface area contributed by atoms with Crippen LogP contribution >= 0.6 is 0 Å². The van der Waals surface area contributed by atoms with Gasteiger partial charge in [-0.15, -0.1) is 0 Å². The van der Waals surface area contributed by atoms with Crippen molar-refractivity contribution in [2.24, 2.45) is 0 Å². The number of carbonyl (C=O) groups is 2. The molecule has 0 saturated heterocycles. The summed E-state index contributed by atoms with van der Waals surface area (Å²) < 4.78 is 6.87. The second kappa shape index (κ2) is 5.83. The van der Waals surface area contributed by atoms with Crippen LogP contribution < -0.4 is 0 Å². The van der Waals surface area contributed by atoms with Gasteiger partial charge in [-0.05, 0) is 45.0 Å². The van der Waals surface area contributed by atoms with E-state index in [1.165, 1.54) is 6.07 Å². The van der Waals surface area contributed by atoms with E-state index in [0.29, 0.717) is 17.9 Å². The highest BCUT2D eigenvalue weighted by atomic mass is 16.5. The van der Waals surface area contributed by atoms with Crippen molar-refractivity contribution in [3.63, 3.8) is 0 Å². The molecule has 1 aromatic carbocycles. The highest BCUT2D eigenvalue weighted by molar-refractivity contribution is 5.91. The lowest BCUT2D eigenvalue weighted by molar-refractivity contribution is 0.0525. The van der Waals surface area contributed by atoms with E-state index in [0.717, 1.165) is 11.4 Å². The lowest BCUT2D eigenvalue weighted by Crippen LogP contribution is -2.07. The number of ether oxygens (including phenoxy) is 1. The van der Waals surface area contributed by atoms with Crippen molar-refractivity contribution in [3.8, 4) is 5.69 Å². The van der Waals surface area contributed by atoms with Gasteiger partial charge in [0.2, 0.25) is 0 Å². The van der Waals surface area contributed by atoms with Gasteiger partial charge in [-0.3, -0.25) is 0 Å². The quantitative estimate of drug-likeness (QED) is 0.878. The molecule has 0 aliphatic rings. The third-order valence-corrected chi connectivity index (χ3v) is 3.28. The second-order valence-corrected chi connectivity index (χ2v) is 4.70. The van der Waals surface area contributed by atoms with Gasteiger partial charge in [-0.1, -0.05) is 6.07 Å². The predicted octanol–water partition coefficient (Wildman–Crippen LogP) is 2.97. The van der Waals surface area contributed by atoms with E-state index in [2.05, 4.69) is 0 Å². The first-order valence-electron chi connectivity index (χ1n) is 6.65. The average molecular weight is 287 g/mol. The highest BCUT2D eigenvalue weighted by Crippen LogP contribution is 2.22. The Hall–Kier alpha value is -2.56. The van der Waals surface area contributed by atoms with Gasteiger partial charge in [-0.2, -0.15) is 0 Å². The molecule has 0 radical (unpaired) electrons. The van der Waals surface area contributed by atoms with Crippen molar-refractivity contribution >= 4 is 11.9 Å². The van der Waals surface area contributed by atoms with E-state index in [1.54, 1.807) is 31.2 Å². The van der Waals surface area contributed by atoms with Crippen LogP contribution in [0.3, 0.4) is 0 Å². The SMILES string of the molecule is CCOC(=O)c1cc(C)n(-c2cccc(C(=O)O)c2)c1C. The standard InChI is InChI=1S/C16H17NO4/c1-4-21-16(20)14-8-10(2)17(11(14)3)13-7-5-6-12(9-13)15(18)19/h5-9H,4H2,1-3H3,(H,18,19). The van der Waals surface area contributed by atoms with E-state index in [-0.39, 0.29) is 11.5 Å². The zero-order chi connectivity index (χ0) is 15.6. The van der Waals surface area contributed by atoms with Crippen LogP contribution in [-0.4, -0.2) is 28.2 Å². The molecule has 0 spiro atoms. The monoisotopic (exact) mass is 287 g/mol. The molecule has 1 N–H and O–H groups in total. The normalized spacial score (nSPS) is 10.4. The Balaban J connectivity index is 2.52. The topological polar surface area (TPSA) is 68.5 Å². The molecule has 0 fully saturated rings. The molecule has 2 aromatic rings. The Kier molecular flexibility index (Phi) is 4.12. The molecule has 5 nitrogen and oxygen atoms in total. The number of carboxylic acids is 1. The highest BCUT2D eigenvalue weighted by Gasteiger charge is 2.18. The Morgan fingerprint density at radius 1 is 1.24 bits per heavy atom. The number of esters is 1. The molecule has 0 aliphatic carbocycles. The summed E-state index contributed by atoms with van der Waals surface area (Å²) in [5, 5.41) is 9.07. The van der Waals surface area contributed by atoms with Crippen LogP contribution in [0.1, 0.15) is 39.0 Å². The number of aromatic nitrogens is 1. The lowest BCUT2D eigenvalue weighted by atomic mass is 10.2. The van der Waals surface area contributed by atoms with Crippen LogP contribution in [0.25, 0.3) is 5.69 Å². The van der Waals surface area contributed by atoms with Gasteiger partial charge in [0.1, 0.15) is 0 Å². The van der Waals surface area contributed by atoms with Gasteiger partial charge in [0, 0.05) is 17.1 Å². The maximum absolute atomic E-state index is 11.9. The van der Waals surface area contributed by atoms with Gasteiger partial charge in [0.05, 0.1) is 17.7 Å². The molecule has 2 rings (SSSR count). The van der Waals surface area contributed by atoms with Gasteiger partial charge in [-0.25, -0.2) is 9.59 Å².